The smallest absolute Gasteiger partial charge is 0.0523 e. The zero-order valence-electron chi connectivity index (χ0n) is 10.4. The third-order valence-corrected chi connectivity index (χ3v) is 4.53. The Morgan fingerprint density at radius 2 is 2.35 bits per heavy atom. The van der Waals surface area contributed by atoms with Crippen molar-refractivity contribution in [3.8, 4) is 0 Å². The van der Waals surface area contributed by atoms with Gasteiger partial charge in [-0.25, -0.2) is 0 Å². The number of nitrogens with one attached hydrogen (secondary N) is 1. The molecule has 3 N–H and O–H groups in total. The summed E-state index contributed by atoms with van der Waals surface area (Å²) in [6.07, 6.45) is 4.98. The van der Waals surface area contributed by atoms with Crippen LogP contribution in [-0.4, -0.2) is 12.1 Å². The molecule has 0 amide bonds. The minimum absolute atomic E-state index is 0.107. The normalized spacial score (nSPS) is 28.3. The molecule has 0 radical (unpaired) electrons. The highest BCUT2D eigenvalue weighted by Crippen LogP contribution is 2.39. The molecule has 1 aliphatic rings. The molecule has 1 aromatic carbocycles. The first-order chi connectivity index (χ1) is 8.20. The van der Waals surface area contributed by atoms with E-state index in [1.165, 1.54) is 31.4 Å². The number of halogens is 1. The lowest BCUT2D eigenvalue weighted by atomic mass is 9.85. The molecule has 0 bridgehead atoms. The first-order valence-corrected chi connectivity index (χ1v) is 7.23. The topological polar surface area (TPSA) is 38.0 Å². The summed E-state index contributed by atoms with van der Waals surface area (Å²) in [5, 5.41) is 3.69. The summed E-state index contributed by atoms with van der Waals surface area (Å²) in [4.78, 5) is 0. The van der Waals surface area contributed by atoms with Crippen molar-refractivity contribution in [2.75, 3.05) is 11.9 Å². The SMILES string of the molecule is CCC1CCCC1(CN)Nc1cccc(Br)c1. The Morgan fingerprint density at radius 1 is 1.53 bits per heavy atom. The van der Waals surface area contributed by atoms with E-state index in [4.69, 9.17) is 5.73 Å². The molecule has 2 rings (SSSR count). The molecular weight excluding hydrogens is 276 g/mol. The molecule has 1 aromatic rings. The van der Waals surface area contributed by atoms with Gasteiger partial charge in [-0.15, -0.1) is 0 Å². The van der Waals surface area contributed by atoms with Crippen molar-refractivity contribution in [2.45, 2.75) is 38.1 Å². The van der Waals surface area contributed by atoms with E-state index in [0.717, 1.165) is 11.0 Å². The predicted molar refractivity (Wildman–Crippen MR) is 77.2 cm³/mol. The number of hydrogen-bond donors (Lipinski definition) is 2. The van der Waals surface area contributed by atoms with E-state index in [1.807, 2.05) is 6.07 Å². The fraction of sp³-hybridized carbons (Fsp3) is 0.571. The first kappa shape index (κ1) is 12.9. The zero-order valence-corrected chi connectivity index (χ0v) is 12.0. The van der Waals surface area contributed by atoms with Crippen LogP contribution in [0.5, 0.6) is 0 Å². The second-order valence-corrected chi connectivity index (χ2v) is 5.91. The molecule has 0 saturated heterocycles. The highest BCUT2D eigenvalue weighted by Gasteiger charge is 2.40. The van der Waals surface area contributed by atoms with Crippen LogP contribution in [-0.2, 0) is 0 Å². The molecule has 0 spiro atoms. The third-order valence-electron chi connectivity index (χ3n) is 4.03. The molecule has 1 saturated carbocycles. The van der Waals surface area contributed by atoms with Crippen molar-refractivity contribution >= 4 is 21.6 Å². The van der Waals surface area contributed by atoms with Gasteiger partial charge in [0.1, 0.15) is 0 Å². The van der Waals surface area contributed by atoms with E-state index < -0.39 is 0 Å². The van der Waals surface area contributed by atoms with E-state index in [-0.39, 0.29) is 5.54 Å². The lowest BCUT2D eigenvalue weighted by Gasteiger charge is -2.36. The standard InChI is InChI=1S/C14H21BrN2/c1-2-11-5-4-8-14(11,10-16)17-13-7-3-6-12(15)9-13/h3,6-7,9,11,17H,2,4-5,8,10,16H2,1H3. The van der Waals surface area contributed by atoms with Gasteiger partial charge in [-0.2, -0.15) is 0 Å². The molecule has 2 unspecified atom stereocenters. The third kappa shape index (κ3) is 2.66. The number of nitrogens with two attached hydrogens (primary N) is 1. The van der Waals surface area contributed by atoms with Crippen LogP contribution in [0.2, 0.25) is 0 Å². The highest BCUT2D eigenvalue weighted by atomic mass is 79.9. The molecule has 17 heavy (non-hydrogen) atoms. The van der Waals surface area contributed by atoms with Crippen LogP contribution in [0, 0.1) is 5.92 Å². The molecule has 1 fully saturated rings. The van der Waals surface area contributed by atoms with Gasteiger partial charge in [0.2, 0.25) is 0 Å². The van der Waals surface area contributed by atoms with Crippen molar-refractivity contribution < 1.29 is 0 Å². The van der Waals surface area contributed by atoms with Gasteiger partial charge in [0.15, 0.2) is 0 Å². The molecule has 0 aromatic heterocycles. The summed E-state index contributed by atoms with van der Waals surface area (Å²) < 4.78 is 1.11. The van der Waals surface area contributed by atoms with E-state index in [2.05, 4.69) is 46.4 Å². The van der Waals surface area contributed by atoms with Crippen LogP contribution >= 0.6 is 15.9 Å². The van der Waals surface area contributed by atoms with Gasteiger partial charge in [-0.3, -0.25) is 0 Å². The van der Waals surface area contributed by atoms with Crippen LogP contribution in [0.15, 0.2) is 28.7 Å². The summed E-state index contributed by atoms with van der Waals surface area (Å²) in [5.41, 5.74) is 7.32. The Bertz CT molecular complexity index is 380. The lowest BCUT2D eigenvalue weighted by molar-refractivity contribution is 0.346. The van der Waals surface area contributed by atoms with Crippen molar-refractivity contribution in [3.05, 3.63) is 28.7 Å². The molecule has 2 nitrogen and oxygen atoms in total. The molecule has 1 aliphatic carbocycles. The Kier molecular flexibility index (Phi) is 4.10. The maximum Gasteiger partial charge on any atom is 0.0523 e. The Balaban J connectivity index is 2.19. The van der Waals surface area contributed by atoms with Gasteiger partial charge in [-0.05, 0) is 37.0 Å². The van der Waals surface area contributed by atoms with E-state index in [1.54, 1.807) is 0 Å². The van der Waals surface area contributed by atoms with Crippen molar-refractivity contribution in [2.24, 2.45) is 11.7 Å². The summed E-state index contributed by atoms with van der Waals surface area (Å²) in [7, 11) is 0. The van der Waals surface area contributed by atoms with Gasteiger partial charge in [0.25, 0.3) is 0 Å². The van der Waals surface area contributed by atoms with Crippen molar-refractivity contribution in [1.29, 1.82) is 0 Å². The maximum atomic E-state index is 6.05. The van der Waals surface area contributed by atoms with Crippen molar-refractivity contribution in [3.63, 3.8) is 0 Å². The van der Waals surface area contributed by atoms with E-state index in [9.17, 15) is 0 Å². The molecular formula is C14H21BrN2. The highest BCUT2D eigenvalue weighted by molar-refractivity contribution is 9.10. The van der Waals surface area contributed by atoms with Gasteiger partial charge in [0.05, 0.1) is 5.54 Å². The van der Waals surface area contributed by atoms with E-state index in [0.29, 0.717) is 5.92 Å². The predicted octanol–water partition coefficient (Wildman–Crippen LogP) is 3.77. The minimum Gasteiger partial charge on any atom is -0.378 e. The zero-order chi connectivity index (χ0) is 12.3. The average molecular weight is 297 g/mol. The number of hydrogen-bond acceptors (Lipinski definition) is 2. The fourth-order valence-electron chi connectivity index (χ4n) is 3.08. The summed E-state index contributed by atoms with van der Waals surface area (Å²) >= 11 is 3.51. The number of rotatable bonds is 4. The number of benzene rings is 1. The first-order valence-electron chi connectivity index (χ1n) is 6.44. The lowest BCUT2D eigenvalue weighted by Crippen LogP contribution is -2.48. The van der Waals surface area contributed by atoms with Crippen molar-refractivity contribution in [1.82, 2.24) is 0 Å². The van der Waals surface area contributed by atoms with Crippen LogP contribution in [0.1, 0.15) is 32.6 Å². The fourth-order valence-corrected chi connectivity index (χ4v) is 3.48. The monoisotopic (exact) mass is 296 g/mol. The van der Waals surface area contributed by atoms with Crippen LogP contribution in [0.3, 0.4) is 0 Å². The molecule has 0 heterocycles. The van der Waals surface area contributed by atoms with Crippen LogP contribution in [0.4, 0.5) is 5.69 Å². The minimum atomic E-state index is 0.107. The van der Waals surface area contributed by atoms with Crippen LogP contribution in [0.25, 0.3) is 0 Å². The molecule has 94 valence electrons. The Labute approximate surface area is 112 Å². The number of anilines is 1. The summed E-state index contributed by atoms with van der Waals surface area (Å²) in [6.45, 7) is 2.99. The average Bonchev–Trinajstić information content (AvgIpc) is 2.72. The van der Waals surface area contributed by atoms with Crippen LogP contribution < -0.4 is 11.1 Å². The molecule has 3 heteroatoms. The molecule has 0 aliphatic heterocycles. The Hall–Kier alpha value is -0.540. The van der Waals surface area contributed by atoms with E-state index >= 15 is 0 Å². The van der Waals surface area contributed by atoms with Gasteiger partial charge in [-0.1, -0.05) is 41.8 Å². The summed E-state index contributed by atoms with van der Waals surface area (Å²) in [5.74, 6) is 0.700. The second kappa shape index (κ2) is 5.40. The van der Waals surface area contributed by atoms with Gasteiger partial charge in [0, 0.05) is 16.7 Å². The quantitative estimate of drug-likeness (QED) is 0.888. The van der Waals surface area contributed by atoms with Gasteiger partial charge < -0.3 is 11.1 Å². The Morgan fingerprint density at radius 3 is 3.00 bits per heavy atom. The maximum absolute atomic E-state index is 6.05. The molecule has 2 atom stereocenters. The largest absolute Gasteiger partial charge is 0.378 e. The van der Waals surface area contributed by atoms with Gasteiger partial charge >= 0.3 is 0 Å². The second-order valence-electron chi connectivity index (χ2n) is 4.99. The summed E-state index contributed by atoms with van der Waals surface area (Å²) in [6, 6.07) is 8.36.